The molecule has 0 radical (unpaired) electrons. The maximum absolute atomic E-state index is 4.88. The highest BCUT2D eigenvalue weighted by Crippen LogP contribution is 2.45. The Kier molecular flexibility index (Phi) is 5.71. The Morgan fingerprint density at radius 1 is 0.489 bits per heavy atom. The maximum Gasteiger partial charge on any atom is 0.114 e. The van der Waals surface area contributed by atoms with E-state index in [0.717, 1.165) is 33.5 Å². The van der Waals surface area contributed by atoms with Crippen molar-refractivity contribution in [2.45, 2.75) is 0 Å². The molecule has 0 spiro atoms. The monoisotopic (exact) mass is 618 g/mol. The van der Waals surface area contributed by atoms with Gasteiger partial charge in [0, 0.05) is 31.8 Å². The van der Waals surface area contributed by atoms with Crippen LogP contribution in [0.5, 0.6) is 0 Å². The van der Waals surface area contributed by atoms with Crippen molar-refractivity contribution >= 4 is 64.3 Å². The zero-order valence-electron chi connectivity index (χ0n) is 25.2. The first-order valence-corrected chi connectivity index (χ1v) is 16.6. The Balaban J connectivity index is 1.29. The van der Waals surface area contributed by atoms with Gasteiger partial charge < -0.3 is 4.57 Å². The van der Waals surface area contributed by atoms with E-state index in [1.807, 2.05) is 41.7 Å². The van der Waals surface area contributed by atoms with Gasteiger partial charge in [0.2, 0.25) is 0 Å². The first-order chi connectivity index (χ1) is 23.3. The average molecular weight is 619 g/mol. The predicted molar refractivity (Wildman–Crippen MR) is 197 cm³/mol. The smallest absolute Gasteiger partial charge is 0.114 e. The van der Waals surface area contributed by atoms with Crippen LogP contribution in [-0.2, 0) is 0 Å². The first kappa shape index (κ1) is 26.2. The summed E-state index contributed by atoms with van der Waals surface area (Å²) in [5.41, 5.74) is 10.9. The number of hydrogen-bond acceptors (Lipinski definition) is 3. The van der Waals surface area contributed by atoms with Crippen LogP contribution in [0.25, 0.3) is 86.6 Å². The zero-order valence-corrected chi connectivity index (χ0v) is 26.0. The third-order valence-electron chi connectivity index (χ3n) is 9.20. The van der Waals surface area contributed by atoms with Crippen molar-refractivity contribution < 1.29 is 0 Å². The second kappa shape index (κ2) is 10.2. The lowest BCUT2D eigenvalue weighted by Gasteiger charge is -2.18. The number of hydrogen-bond donors (Lipinski definition) is 0. The molecule has 5 heteroatoms. The largest absolute Gasteiger partial charge is 0.307 e. The summed E-state index contributed by atoms with van der Waals surface area (Å²) in [6, 6.07) is 56.1. The highest BCUT2D eigenvalue weighted by molar-refractivity contribution is 7.26. The lowest BCUT2D eigenvalue weighted by molar-refractivity contribution is 0.766. The van der Waals surface area contributed by atoms with Crippen LogP contribution in [0.2, 0.25) is 0 Å². The summed E-state index contributed by atoms with van der Waals surface area (Å²) >= 11 is 1.88. The summed E-state index contributed by atoms with van der Waals surface area (Å²) in [6.45, 7) is 0. The number of para-hydroxylation sites is 2. The highest BCUT2D eigenvalue weighted by Gasteiger charge is 2.22. The molecule has 0 amide bonds. The minimum absolute atomic E-state index is 0.861. The van der Waals surface area contributed by atoms with E-state index in [2.05, 4.69) is 132 Å². The number of nitrogens with zero attached hydrogens (tertiary/aromatic N) is 4. The summed E-state index contributed by atoms with van der Waals surface area (Å²) in [5, 5.41) is 14.8. The van der Waals surface area contributed by atoms with Gasteiger partial charge in [-0.3, -0.25) is 0 Å². The molecule has 0 aliphatic rings. The summed E-state index contributed by atoms with van der Waals surface area (Å²) in [4.78, 5) is 1.72. The van der Waals surface area contributed by atoms with Gasteiger partial charge in [-0.15, -0.1) is 21.5 Å². The molecule has 0 aliphatic carbocycles. The van der Waals surface area contributed by atoms with E-state index in [1.165, 1.54) is 53.1 Å². The molecule has 0 saturated carbocycles. The van der Waals surface area contributed by atoms with Crippen molar-refractivity contribution in [2.24, 2.45) is 0 Å². The van der Waals surface area contributed by atoms with Gasteiger partial charge in [0.15, 0.2) is 0 Å². The van der Waals surface area contributed by atoms with E-state index in [1.54, 1.807) is 4.80 Å². The van der Waals surface area contributed by atoms with Crippen LogP contribution in [0.3, 0.4) is 0 Å². The topological polar surface area (TPSA) is 35.6 Å². The molecule has 0 unspecified atom stereocenters. The second-order valence-corrected chi connectivity index (χ2v) is 12.9. The van der Waals surface area contributed by atoms with Gasteiger partial charge in [-0.2, -0.15) is 4.80 Å². The molecular formula is C42H26N4S. The molecule has 3 heterocycles. The molecule has 0 aliphatic heterocycles. The molecule has 0 saturated heterocycles. The van der Waals surface area contributed by atoms with E-state index in [9.17, 15) is 0 Å². The Hall–Kier alpha value is -6.04. The normalized spacial score (nSPS) is 11.8. The third kappa shape index (κ3) is 4.00. The molecular weight excluding hydrogens is 593 g/mol. The maximum atomic E-state index is 4.88. The van der Waals surface area contributed by atoms with Crippen LogP contribution in [0.4, 0.5) is 0 Å². The first-order valence-electron chi connectivity index (χ1n) is 15.8. The van der Waals surface area contributed by atoms with Crippen LogP contribution < -0.4 is 0 Å². The number of benzene rings is 7. The van der Waals surface area contributed by atoms with Gasteiger partial charge in [0.1, 0.15) is 11.0 Å². The molecule has 10 rings (SSSR count). The minimum atomic E-state index is 0.861. The van der Waals surface area contributed by atoms with Gasteiger partial charge >= 0.3 is 0 Å². The Morgan fingerprint density at radius 3 is 2.09 bits per heavy atom. The van der Waals surface area contributed by atoms with Crippen LogP contribution in [-0.4, -0.2) is 19.6 Å². The van der Waals surface area contributed by atoms with Crippen LogP contribution in [0.15, 0.2) is 158 Å². The molecule has 47 heavy (non-hydrogen) atoms. The number of rotatable bonds is 4. The van der Waals surface area contributed by atoms with Crippen molar-refractivity contribution in [1.29, 1.82) is 0 Å². The highest BCUT2D eigenvalue weighted by atomic mass is 32.1. The fourth-order valence-corrected chi connectivity index (χ4v) is 8.36. The second-order valence-electron chi connectivity index (χ2n) is 11.9. The number of aromatic nitrogens is 4. The standard InChI is InChI=1S/C42H26N4S/c1-3-12-27(13-4-1)40-30(28-22-25-35-36(26-28)44-46(43-35)29-14-5-2-6-15-29)18-11-20-38(40)45-37-19-9-7-16-31(37)33-23-24-34-32-17-8-10-21-39(32)47-42(34)41(33)45/h1-26H. The zero-order chi connectivity index (χ0) is 30.9. The van der Waals surface area contributed by atoms with Gasteiger partial charge in [-0.1, -0.05) is 115 Å². The van der Waals surface area contributed by atoms with Crippen molar-refractivity contribution in [3.8, 4) is 33.6 Å². The quantitative estimate of drug-likeness (QED) is 0.197. The van der Waals surface area contributed by atoms with Gasteiger partial charge in [0.05, 0.1) is 27.1 Å². The molecule has 4 nitrogen and oxygen atoms in total. The molecule has 7 aromatic carbocycles. The van der Waals surface area contributed by atoms with Crippen molar-refractivity contribution in [3.63, 3.8) is 0 Å². The Labute approximate surface area is 274 Å². The predicted octanol–water partition coefficient (Wildman–Crippen LogP) is 11.2. The summed E-state index contributed by atoms with van der Waals surface area (Å²) < 4.78 is 5.11. The molecule has 3 aromatic heterocycles. The molecule has 220 valence electrons. The van der Waals surface area contributed by atoms with E-state index in [-0.39, 0.29) is 0 Å². The molecule has 0 atom stereocenters. The fraction of sp³-hybridized carbons (Fsp3) is 0. The van der Waals surface area contributed by atoms with Crippen molar-refractivity contribution in [1.82, 2.24) is 19.6 Å². The minimum Gasteiger partial charge on any atom is -0.307 e. The van der Waals surface area contributed by atoms with Crippen LogP contribution in [0.1, 0.15) is 0 Å². The van der Waals surface area contributed by atoms with E-state index in [0.29, 0.717) is 0 Å². The number of thiophene rings is 1. The van der Waals surface area contributed by atoms with Gasteiger partial charge in [-0.25, -0.2) is 0 Å². The SMILES string of the molecule is c1ccc(-c2c(-c3ccc4nn(-c5ccccc5)nc4c3)cccc2-n2c3ccccc3c3ccc4c5ccccc5sc4c32)cc1. The summed E-state index contributed by atoms with van der Waals surface area (Å²) in [6.07, 6.45) is 0. The fourth-order valence-electron chi connectivity index (χ4n) is 7.12. The van der Waals surface area contributed by atoms with E-state index >= 15 is 0 Å². The molecule has 10 aromatic rings. The van der Waals surface area contributed by atoms with Gasteiger partial charge in [0.25, 0.3) is 0 Å². The lowest BCUT2D eigenvalue weighted by Crippen LogP contribution is -1.99. The van der Waals surface area contributed by atoms with Crippen molar-refractivity contribution in [2.75, 3.05) is 0 Å². The van der Waals surface area contributed by atoms with Crippen LogP contribution in [0, 0.1) is 0 Å². The Bertz CT molecular complexity index is 2790. The molecule has 0 fully saturated rings. The van der Waals surface area contributed by atoms with Crippen LogP contribution >= 0.6 is 11.3 Å². The van der Waals surface area contributed by atoms with E-state index < -0.39 is 0 Å². The molecule has 0 bridgehead atoms. The van der Waals surface area contributed by atoms with Crippen molar-refractivity contribution in [3.05, 3.63) is 158 Å². The van der Waals surface area contributed by atoms with Gasteiger partial charge in [-0.05, 0) is 59.2 Å². The lowest BCUT2D eigenvalue weighted by atomic mass is 9.92. The average Bonchev–Trinajstić information content (AvgIpc) is 3.83. The number of fused-ring (bicyclic) bond motifs is 8. The third-order valence-corrected chi connectivity index (χ3v) is 10.4. The van der Waals surface area contributed by atoms with E-state index in [4.69, 9.17) is 10.2 Å². The Morgan fingerprint density at radius 2 is 1.21 bits per heavy atom. The summed E-state index contributed by atoms with van der Waals surface area (Å²) in [7, 11) is 0. The molecule has 0 N–H and O–H groups in total. The summed E-state index contributed by atoms with van der Waals surface area (Å²) in [5.74, 6) is 0.